The minimum absolute atomic E-state index is 0.0724. The van der Waals surface area contributed by atoms with Crippen LogP contribution in [0.5, 0.6) is 11.6 Å². The highest BCUT2D eigenvalue weighted by Gasteiger charge is 2.34. The summed E-state index contributed by atoms with van der Waals surface area (Å²) in [5.74, 6) is 1.07. The molecule has 7 nitrogen and oxygen atoms in total. The van der Waals surface area contributed by atoms with Crippen LogP contribution in [0.3, 0.4) is 0 Å². The second-order valence-corrected chi connectivity index (χ2v) is 12.4. The van der Waals surface area contributed by atoms with Gasteiger partial charge in [-0.05, 0) is 49.8 Å². The van der Waals surface area contributed by atoms with Crippen molar-refractivity contribution >= 4 is 33.1 Å². The first-order valence-corrected chi connectivity index (χ1v) is 14.3. The highest BCUT2D eigenvalue weighted by Crippen LogP contribution is 2.43. The van der Waals surface area contributed by atoms with Crippen LogP contribution in [0.15, 0.2) is 42.6 Å². The summed E-state index contributed by atoms with van der Waals surface area (Å²) in [4.78, 5) is 24.4. The monoisotopic (exact) mass is 536 g/mol. The topological polar surface area (TPSA) is 76.6 Å². The van der Waals surface area contributed by atoms with Crippen LogP contribution in [0.4, 0.5) is 15.8 Å². The quantitative estimate of drug-likeness (QED) is 0.282. The highest BCUT2D eigenvalue weighted by molar-refractivity contribution is 7.19. The molecule has 0 unspecified atom stereocenters. The molecule has 3 heterocycles. The predicted molar refractivity (Wildman–Crippen MR) is 155 cm³/mol. The molecule has 1 N–H and O–H groups in total. The van der Waals surface area contributed by atoms with Gasteiger partial charge in [-0.25, -0.2) is 9.97 Å². The van der Waals surface area contributed by atoms with Crippen LogP contribution >= 0.6 is 11.3 Å². The van der Waals surface area contributed by atoms with E-state index in [1.807, 2.05) is 37.3 Å². The van der Waals surface area contributed by atoms with Gasteiger partial charge in [-0.2, -0.15) is 0 Å². The zero-order valence-corrected chi connectivity index (χ0v) is 24.3. The molecule has 1 aliphatic heterocycles. The van der Waals surface area contributed by atoms with E-state index in [4.69, 9.17) is 14.5 Å². The Labute approximate surface area is 230 Å². The lowest BCUT2D eigenvalue weighted by Gasteiger charge is -2.31. The number of benzene rings is 1. The molecule has 0 spiro atoms. The van der Waals surface area contributed by atoms with Crippen LogP contribution in [-0.2, 0) is 20.4 Å². The maximum Gasteiger partial charge on any atom is 0.306 e. The van der Waals surface area contributed by atoms with Crippen LogP contribution in [0.1, 0.15) is 78.5 Å². The Balaban J connectivity index is 1.66. The molecule has 8 heteroatoms. The minimum Gasteiger partial charge on any atom is -0.466 e. The molecule has 1 fully saturated rings. The summed E-state index contributed by atoms with van der Waals surface area (Å²) in [6.07, 6.45) is 5.57. The molecule has 0 bridgehead atoms. The van der Waals surface area contributed by atoms with E-state index in [2.05, 4.69) is 55.9 Å². The Bertz CT molecular complexity index is 1240. The van der Waals surface area contributed by atoms with Crippen molar-refractivity contribution in [3.05, 3.63) is 53.9 Å². The Kier molecular flexibility index (Phi) is 8.61. The number of pyridine rings is 1. The number of aromatic nitrogens is 2. The molecule has 38 heavy (non-hydrogen) atoms. The number of esters is 1. The number of anilines is 3. The summed E-state index contributed by atoms with van der Waals surface area (Å²) in [6, 6.07) is 11.9. The molecule has 0 atom stereocenters. The highest BCUT2D eigenvalue weighted by atomic mass is 32.1. The van der Waals surface area contributed by atoms with Crippen LogP contribution in [-0.4, -0.2) is 35.6 Å². The van der Waals surface area contributed by atoms with Gasteiger partial charge in [0.2, 0.25) is 5.88 Å². The van der Waals surface area contributed by atoms with Gasteiger partial charge in [-0.1, -0.05) is 64.2 Å². The number of nitrogens with one attached hydrogen (secondary N) is 1. The van der Waals surface area contributed by atoms with Crippen molar-refractivity contribution in [1.29, 1.82) is 0 Å². The van der Waals surface area contributed by atoms with Crippen molar-refractivity contribution in [1.82, 2.24) is 9.97 Å². The second-order valence-electron chi connectivity index (χ2n) is 11.4. The largest absolute Gasteiger partial charge is 0.466 e. The molecule has 1 aliphatic rings. The van der Waals surface area contributed by atoms with Gasteiger partial charge in [0.1, 0.15) is 16.4 Å². The Morgan fingerprint density at radius 2 is 1.79 bits per heavy atom. The van der Waals surface area contributed by atoms with E-state index in [0.717, 1.165) is 58.8 Å². The van der Waals surface area contributed by atoms with Crippen molar-refractivity contribution < 1.29 is 14.3 Å². The van der Waals surface area contributed by atoms with Gasteiger partial charge >= 0.3 is 5.97 Å². The summed E-state index contributed by atoms with van der Waals surface area (Å²) in [7, 11) is 0. The zero-order chi connectivity index (χ0) is 27.3. The number of para-hydroxylation sites is 1. The van der Waals surface area contributed by atoms with Gasteiger partial charge in [0.25, 0.3) is 0 Å². The molecule has 2 aromatic heterocycles. The fourth-order valence-electron chi connectivity index (χ4n) is 4.74. The number of carbonyl (C=O) groups excluding carboxylic acids is 1. The molecule has 4 rings (SSSR count). The number of piperidine rings is 1. The number of ether oxygens (including phenoxy) is 2. The number of hydrogen-bond acceptors (Lipinski definition) is 8. The van der Waals surface area contributed by atoms with E-state index in [1.165, 1.54) is 6.42 Å². The third-order valence-corrected chi connectivity index (χ3v) is 7.73. The van der Waals surface area contributed by atoms with Gasteiger partial charge in [0.15, 0.2) is 5.13 Å². The normalized spacial score (nSPS) is 14.3. The van der Waals surface area contributed by atoms with Crippen LogP contribution < -0.4 is 15.0 Å². The fraction of sp³-hybridized carbons (Fsp3) is 0.500. The van der Waals surface area contributed by atoms with Crippen molar-refractivity contribution in [3.63, 3.8) is 0 Å². The number of hydrogen-bond donors (Lipinski definition) is 1. The number of rotatable bonds is 9. The number of thiazole rings is 1. The van der Waals surface area contributed by atoms with E-state index in [0.29, 0.717) is 12.5 Å². The van der Waals surface area contributed by atoms with E-state index < -0.39 is 5.41 Å². The average molecular weight is 537 g/mol. The summed E-state index contributed by atoms with van der Waals surface area (Å²) >= 11 is 1.62. The molecule has 204 valence electrons. The zero-order valence-electron chi connectivity index (χ0n) is 23.5. The van der Waals surface area contributed by atoms with E-state index >= 15 is 0 Å². The third kappa shape index (κ3) is 6.65. The number of carbonyl (C=O) groups is 1. The lowest BCUT2D eigenvalue weighted by molar-refractivity contribution is -0.144. The SMILES string of the molecule is CCOC(=O)CC(C)(C)c1nc(Nc2cccnc2Oc2ccccc2C(C)(C)C)sc1N1CCCCC1. The van der Waals surface area contributed by atoms with Crippen molar-refractivity contribution in [2.24, 2.45) is 0 Å². The predicted octanol–water partition coefficient (Wildman–Crippen LogP) is 7.59. The van der Waals surface area contributed by atoms with Crippen molar-refractivity contribution in [3.8, 4) is 11.6 Å². The van der Waals surface area contributed by atoms with Crippen LogP contribution in [0.25, 0.3) is 0 Å². The van der Waals surface area contributed by atoms with Gasteiger partial charge in [0, 0.05) is 30.3 Å². The first kappa shape index (κ1) is 27.9. The lowest BCUT2D eigenvalue weighted by Crippen LogP contribution is -2.32. The Morgan fingerprint density at radius 3 is 2.50 bits per heavy atom. The maximum atomic E-state index is 12.4. The smallest absolute Gasteiger partial charge is 0.306 e. The molecule has 0 amide bonds. The first-order valence-electron chi connectivity index (χ1n) is 13.5. The molecule has 1 saturated heterocycles. The lowest BCUT2D eigenvalue weighted by atomic mass is 9.85. The van der Waals surface area contributed by atoms with Gasteiger partial charge in [-0.15, -0.1) is 0 Å². The minimum atomic E-state index is -0.477. The van der Waals surface area contributed by atoms with Crippen LogP contribution in [0, 0.1) is 0 Å². The van der Waals surface area contributed by atoms with Gasteiger partial charge < -0.3 is 19.7 Å². The van der Waals surface area contributed by atoms with E-state index in [1.54, 1.807) is 17.5 Å². The van der Waals surface area contributed by atoms with Crippen molar-refractivity contribution in [2.45, 2.75) is 78.1 Å². The molecule has 3 aromatic rings. The molecule has 0 aliphatic carbocycles. The summed E-state index contributed by atoms with van der Waals surface area (Å²) in [6.45, 7) is 14.8. The molecule has 0 radical (unpaired) electrons. The summed E-state index contributed by atoms with van der Waals surface area (Å²) in [5.41, 5.74) is 2.22. The first-order chi connectivity index (χ1) is 18.1. The van der Waals surface area contributed by atoms with Crippen LogP contribution in [0.2, 0.25) is 0 Å². The van der Waals surface area contributed by atoms with Gasteiger partial charge in [0.05, 0.1) is 18.7 Å². The van der Waals surface area contributed by atoms with E-state index in [9.17, 15) is 4.79 Å². The fourth-order valence-corrected chi connectivity index (χ4v) is 5.95. The summed E-state index contributed by atoms with van der Waals surface area (Å²) in [5, 5.41) is 5.34. The molecular formula is C30H40N4O3S. The second kappa shape index (κ2) is 11.7. The Hall–Kier alpha value is -3.13. The van der Waals surface area contributed by atoms with E-state index in [-0.39, 0.29) is 17.8 Å². The molecular weight excluding hydrogens is 496 g/mol. The number of nitrogens with zero attached hydrogens (tertiary/aromatic N) is 3. The molecule has 1 aromatic carbocycles. The van der Waals surface area contributed by atoms with Crippen molar-refractivity contribution in [2.75, 3.05) is 29.9 Å². The standard InChI is InChI=1S/C30H40N4O3S/c1-7-36-24(35)20-30(5,6)25-27(34-18-11-8-12-19-34)38-28(33-25)32-22-15-13-17-31-26(22)37-23-16-10-9-14-21(23)29(2,3)4/h9-10,13-17H,7-8,11-12,18-20H2,1-6H3,(H,32,33). The van der Waals surface area contributed by atoms with Gasteiger partial charge in [-0.3, -0.25) is 4.79 Å². The molecule has 0 saturated carbocycles. The Morgan fingerprint density at radius 1 is 1.05 bits per heavy atom. The summed E-state index contributed by atoms with van der Waals surface area (Å²) < 4.78 is 11.6. The average Bonchev–Trinajstić information content (AvgIpc) is 3.30. The third-order valence-electron chi connectivity index (χ3n) is 6.70. The maximum absolute atomic E-state index is 12.4.